The first-order valence-electron chi connectivity index (χ1n) is 13.0. The third-order valence-electron chi connectivity index (χ3n) is 7.09. The Morgan fingerprint density at radius 1 is 0.814 bits per heavy atom. The Labute approximate surface area is 246 Å². The highest BCUT2D eigenvalue weighted by Crippen LogP contribution is 2.37. The first-order chi connectivity index (χ1) is 20.3. The molecule has 0 atom stereocenters. The lowest BCUT2D eigenvalue weighted by Crippen LogP contribution is -2.48. The summed E-state index contributed by atoms with van der Waals surface area (Å²) >= 11 is 0.618. The number of hydrogen-bond donors (Lipinski definition) is 0. The van der Waals surface area contributed by atoms with Crippen LogP contribution in [0.5, 0.6) is 0 Å². The molecule has 3 amide bonds. The maximum Gasteiger partial charge on any atom is 0.416 e. The van der Waals surface area contributed by atoms with Crippen LogP contribution in [0.1, 0.15) is 32.6 Å². The van der Waals surface area contributed by atoms with E-state index in [9.17, 15) is 40.7 Å². The molecule has 6 nitrogen and oxygen atoms in total. The second-order valence-corrected chi connectivity index (χ2v) is 10.9. The first kappa shape index (κ1) is 30.2. The number of carbonyl (C=O) groups is 3. The smallest absolute Gasteiger partial charge is 0.368 e. The molecule has 2 aliphatic heterocycles. The van der Waals surface area contributed by atoms with Crippen molar-refractivity contribution in [3.8, 4) is 0 Å². The van der Waals surface area contributed by atoms with Crippen LogP contribution >= 0.6 is 11.8 Å². The van der Waals surface area contributed by atoms with Crippen LogP contribution in [0.3, 0.4) is 0 Å². The van der Waals surface area contributed by atoms with Gasteiger partial charge in [-0.15, -0.1) is 0 Å². The van der Waals surface area contributed by atoms with Crippen molar-refractivity contribution in [2.24, 2.45) is 0 Å². The Kier molecular flexibility index (Phi) is 8.28. The van der Waals surface area contributed by atoms with Crippen molar-refractivity contribution in [2.75, 3.05) is 31.1 Å². The van der Waals surface area contributed by atoms with Crippen molar-refractivity contribution < 1.29 is 40.7 Å². The van der Waals surface area contributed by atoms with Crippen LogP contribution in [0.4, 0.5) is 36.8 Å². The molecule has 0 bridgehead atoms. The Morgan fingerprint density at radius 2 is 1.49 bits per heavy atom. The second-order valence-electron chi connectivity index (χ2n) is 9.87. The van der Waals surface area contributed by atoms with E-state index in [-0.39, 0.29) is 16.4 Å². The largest absolute Gasteiger partial charge is 0.416 e. The summed E-state index contributed by atoms with van der Waals surface area (Å²) in [5.41, 5.74) is -0.554. The number of imide groups is 1. The van der Waals surface area contributed by atoms with E-state index in [1.807, 2.05) is 0 Å². The molecule has 43 heavy (non-hydrogen) atoms. The molecule has 2 heterocycles. The number of thioether (sulfide) groups is 1. The summed E-state index contributed by atoms with van der Waals surface area (Å²) in [5.74, 6) is -0.982. The molecule has 224 valence electrons. The standard InChI is InChI=1S/C30H23F6N3O3S/c31-29(32,33)22-5-3-6-23(17-22)37-12-14-38(15-13-37)26(40)20-10-8-19(9-11-20)16-25-27(41)39(28(42)43-25)18-21-4-1-2-7-24(21)30(34,35)36/h1-11,16-17H,12-15,18H2. The molecule has 0 radical (unpaired) electrons. The third-order valence-corrected chi connectivity index (χ3v) is 7.99. The first-order valence-corrected chi connectivity index (χ1v) is 13.8. The van der Waals surface area contributed by atoms with Gasteiger partial charge < -0.3 is 9.80 Å². The fraction of sp³-hybridized carbons (Fsp3) is 0.233. The van der Waals surface area contributed by atoms with Gasteiger partial charge in [-0.2, -0.15) is 26.3 Å². The Morgan fingerprint density at radius 3 is 2.14 bits per heavy atom. The number of nitrogens with zero attached hydrogens (tertiary/aromatic N) is 3. The van der Waals surface area contributed by atoms with Crippen LogP contribution in [0, 0.1) is 0 Å². The molecule has 2 saturated heterocycles. The third kappa shape index (κ3) is 6.71. The molecule has 5 rings (SSSR count). The quantitative estimate of drug-likeness (QED) is 0.229. The number of alkyl halides is 6. The summed E-state index contributed by atoms with van der Waals surface area (Å²) in [6, 6.07) is 16.1. The fourth-order valence-electron chi connectivity index (χ4n) is 4.84. The van der Waals surface area contributed by atoms with E-state index in [1.54, 1.807) is 40.1 Å². The lowest BCUT2D eigenvalue weighted by Gasteiger charge is -2.36. The highest BCUT2D eigenvalue weighted by molar-refractivity contribution is 8.18. The average Bonchev–Trinajstić information content (AvgIpc) is 3.24. The van der Waals surface area contributed by atoms with E-state index in [0.717, 1.165) is 23.1 Å². The molecule has 2 fully saturated rings. The average molecular weight is 620 g/mol. The topological polar surface area (TPSA) is 60.9 Å². The second kappa shape index (κ2) is 11.8. The minimum atomic E-state index is -4.64. The maximum atomic E-state index is 13.4. The number of anilines is 1. The lowest BCUT2D eigenvalue weighted by molar-refractivity contribution is -0.139. The Hall–Kier alpha value is -4.26. The maximum absolute atomic E-state index is 13.4. The minimum absolute atomic E-state index is 0.0410. The summed E-state index contributed by atoms with van der Waals surface area (Å²) in [6.07, 6.45) is -7.65. The molecule has 3 aromatic rings. The summed E-state index contributed by atoms with van der Waals surface area (Å²) in [7, 11) is 0. The van der Waals surface area contributed by atoms with E-state index < -0.39 is 41.2 Å². The molecule has 0 unspecified atom stereocenters. The van der Waals surface area contributed by atoms with Crippen LogP contribution in [-0.4, -0.2) is 53.0 Å². The van der Waals surface area contributed by atoms with E-state index in [4.69, 9.17) is 0 Å². The van der Waals surface area contributed by atoms with Gasteiger partial charge in [0, 0.05) is 37.4 Å². The van der Waals surface area contributed by atoms with Gasteiger partial charge in [0.15, 0.2) is 0 Å². The summed E-state index contributed by atoms with van der Waals surface area (Å²) in [4.78, 5) is 42.6. The van der Waals surface area contributed by atoms with Crippen molar-refractivity contribution in [3.05, 3.63) is 106 Å². The SMILES string of the molecule is O=C(c1ccc(C=C2SC(=O)N(Cc3ccccc3C(F)(F)F)C2=O)cc1)N1CCN(c2cccc(C(F)(F)F)c2)CC1. The van der Waals surface area contributed by atoms with Gasteiger partial charge in [-0.3, -0.25) is 19.3 Å². The molecule has 0 aromatic heterocycles. The lowest BCUT2D eigenvalue weighted by atomic mass is 10.1. The van der Waals surface area contributed by atoms with Crippen molar-refractivity contribution in [3.63, 3.8) is 0 Å². The molecule has 2 aliphatic rings. The van der Waals surface area contributed by atoms with Gasteiger partial charge >= 0.3 is 12.4 Å². The number of amides is 3. The van der Waals surface area contributed by atoms with E-state index in [0.29, 0.717) is 54.8 Å². The fourth-order valence-corrected chi connectivity index (χ4v) is 5.68. The molecule has 0 spiro atoms. The van der Waals surface area contributed by atoms with E-state index in [1.165, 1.54) is 30.3 Å². The van der Waals surface area contributed by atoms with Crippen LogP contribution in [0.25, 0.3) is 6.08 Å². The molecule has 0 saturated carbocycles. The molecule has 0 aliphatic carbocycles. The van der Waals surface area contributed by atoms with Crippen LogP contribution < -0.4 is 4.90 Å². The van der Waals surface area contributed by atoms with Crippen molar-refractivity contribution in [2.45, 2.75) is 18.9 Å². The monoisotopic (exact) mass is 619 g/mol. The zero-order valence-electron chi connectivity index (χ0n) is 22.3. The minimum Gasteiger partial charge on any atom is -0.368 e. The predicted octanol–water partition coefficient (Wildman–Crippen LogP) is 6.92. The molecular formula is C30H23F6N3O3S. The number of rotatable bonds is 5. The predicted molar refractivity (Wildman–Crippen MR) is 149 cm³/mol. The zero-order valence-corrected chi connectivity index (χ0v) is 23.1. The van der Waals surface area contributed by atoms with Gasteiger partial charge in [-0.05, 0) is 65.4 Å². The van der Waals surface area contributed by atoms with Crippen LogP contribution in [0.15, 0.2) is 77.7 Å². The number of benzene rings is 3. The van der Waals surface area contributed by atoms with Crippen LogP contribution in [-0.2, 0) is 23.7 Å². The van der Waals surface area contributed by atoms with E-state index >= 15 is 0 Å². The van der Waals surface area contributed by atoms with Gasteiger partial charge in [0.05, 0.1) is 22.6 Å². The molecule has 3 aromatic carbocycles. The number of piperazine rings is 1. The van der Waals surface area contributed by atoms with Gasteiger partial charge in [0.1, 0.15) is 0 Å². The molecule has 0 N–H and O–H groups in total. The van der Waals surface area contributed by atoms with E-state index in [2.05, 4.69) is 0 Å². The van der Waals surface area contributed by atoms with Crippen LogP contribution in [0.2, 0.25) is 0 Å². The van der Waals surface area contributed by atoms with Crippen molar-refractivity contribution in [1.82, 2.24) is 9.80 Å². The summed E-state index contributed by atoms with van der Waals surface area (Å²) in [5, 5.41) is -0.690. The summed E-state index contributed by atoms with van der Waals surface area (Å²) in [6.45, 7) is 0.804. The summed E-state index contributed by atoms with van der Waals surface area (Å²) < 4.78 is 79.3. The number of hydrogen-bond acceptors (Lipinski definition) is 5. The van der Waals surface area contributed by atoms with Crippen molar-refractivity contribution >= 4 is 40.6 Å². The zero-order chi connectivity index (χ0) is 30.9. The van der Waals surface area contributed by atoms with Gasteiger partial charge in [0.25, 0.3) is 17.1 Å². The highest BCUT2D eigenvalue weighted by Gasteiger charge is 2.38. The normalized spacial score (nSPS) is 17.3. The van der Waals surface area contributed by atoms with Gasteiger partial charge in [-0.1, -0.05) is 36.4 Å². The highest BCUT2D eigenvalue weighted by atomic mass is 32.2. The van der Waals surface area contributed by atoms with Gasteiger partial charge in [0.2, 0.25) is 0 Å². The number of carbonyl (C=O) groups excluding carboxylic acids is 3. The number of halogens is 6. The van der Waals surface area contributed by atoms with Gasteiger partial charge in [-0.25, -0.2) is 0 Å². The Bertz CT molecular complexity index is 1580. The molecular weight excluding hydrogens is 596 g/mol. The Balaban J connectivity index is 1.21. The molecule has 13 heteroatoms. The van der Waals surface area contributed by atoms with Crippen molar-refractivity contribution in [1.29, 1.82) is 0 Å².